The monoisotopic (exact) mass is 702 g/mol. The molecular weight excluding hydrogens is 669 g/mol. The maximum absolute atomic E-state index is 10.3. The van der Waals surface area contributed by atoms with Crippen LogP contribution in [0, 0.1) is 28.6 Å². The summed E-state index contributed by atoms with van der Waals surface area (Å²) in [6, 6.07) is 63.3. The van der Waals surface area contributed by atoms with Crippen LogP contribution in [-0.2, 0) is 0 Å². The quantitative estimate of drug-likeness (QED) is 0.179. The molecule has 1 unspecified atom stereocenters. The number of nitriles is 2. The zero-order chi connectivity index (χ0) is 37.0. The third kappa shape index (κ3) is 5.19. The van der Waals surface area contributed by atoms with E-state index >= 15 is 0 Å². The van der Waals surface area contributed by atoms with Crippen LogP contribution < -0.4 is 0 Å². The smallest absolute Gasteiger partial charge is 0.101 e. The highest BCUT2D eigenvalue weighted by Gasteiger charge is 2.26. The molecule has 0 bridgehead atoms. The molecule has 4 nitrogen and oxygen atoms in total. The van der Waals surface area contributed by atoms with Gasteiger partial charge in [0.2, 0.25) is 0 Å². The molecule has 2 heterocycles. The molecule has 0 spiro atoms. The van der Waals surface area contributed by atoms with Crippen molar-refractivity contribution >= 4 is 49.3 Å². The molecule has 1 aliphatic carbocycles. The Kier molecular flexibility index (Phi) is 7.58. The average Bonchev–Trinajstić information content (AvgIpc) is 3.76. The molecule has 0 radical (unpaired) electrons. The molecular formula is C51H34N4. The van der Waals surface area contributed by atoms with Crippen LogP contribution in [0.3, 0.4) is 0 Å². The Balaban J connectivity index is 1.17. The molecule has 0 N–H and O–H groups in total. The standard InChI is InChI=1S/C51H34N4/c1-33-20-21-38(31-52)51(46(33)32-53)55-48-19-11-9-17-43(48)45-30-37(23-25-50(45)55)36-22-24-49-44(29-36)42-16-8-10-18-47(42)54(49)41-27-39(34-12-4-2-5-13-34)26-40(28-41)35-14-6-3-7-15-35/h2-19,21-30,33H,20H2,1H3. The summed E-state index contributed by atoms with van der Waals surface area (Å²) in [5.74, 6) is 0.0344. The summed E-state index contributed by atoms with van der Waals surface area (Å²) in [5, 5.41) is 25.0. The van der Waals surface area contributed by atoms with E-state index in [0.717, 1.165) is 49.7 Å². The molecule has 0 fully saturated rings. The van der Waals surface area contributed by atoms with E-state index in [1.54, 1.807) is 0 Å². The second-order valence-corrected chi connectivity index (χ2v) is 14.4. The SMILES string of the molecule is CC1CC=C(C#N)C(n2c3ccccc3c3cc(-c4ccc5c(c4)c4ccccc4n5-c4cc(-c5ccccc5)cc(-c5ccccc5)c4)ccc32)=C1C#N. The number of fused-ring (bicyclic) bond motifs is 6. The number of benzene rings is 7. The number of rotatable bonds is 5. The first-order chi connectivity index (χ1) is 27.1. The Morgan fingerprint density at radius 1 is 0.455 bits per heavy atom. The lowest BCUT2D eigenvalue weighted by molar-refractivity contribution is 0.702. The summed E-state index contributed by atoms with van der Waals surface area (Å²) >= 11 is 0. The summed E-state index contributed by atoms with van der Waals surface area (Å²) in [4.78, 5) is 0. The first kappa shape index (κ1) is 32.3. The Labute approximate surface area is 319 Å². The maximum atomic E-state index is 10.3. The fourth-order valence-electron chi connectivity index (χ4n) is 8.55. The molecule has 0 aliphatic heterocycles. The predicted octanol–water partition coefficient (Wildman–Crippen LogP) is 13.1. The van der Waals surface area contributed by atoms with Gasteiger partial charge in [-0.25, -0.2) is 0 Å². The minimum atomic E-state index is 0.0344. The van der Waals surface area contributed by atoms with Crippen molar-refractivity contribution in [1.82, 2.24) is 9.13 Å². The van der Waals surface area contributed by atoms with Gasteiger partial charge in [-0.05, 0) is 100 Å². The van der Waals surface area contributed by atoms with Crippen molar-refractivity contribution < 1.29 is 0 Å². The van der Waals surface area contributed by atoms with Gasteiger partial charge in [0, 0.05) is 27.2 Å². The zero-order valence-corrected chi connectivity index (χ0v) is 30.2. The Morgan fingerprint density at radius 2 is 0.945 bits per heavy atom. The molecule has 1 aliphatic rings. The van der Waals surface area contributed by atoms with E-state index in [-0.39, 0.29) is 5.92 Å². The van der Waals surface area contributed by atoms with Gasteiger partial charge in [0.25, 0.3) is 0 Å². The van der Waals surface area contributed by atoms with E-state index in [0.29, 0.717) is 23.3 Å². The lowest BCUT2D eigenvalue weighted by Crippen LogP contribution is -2.12. The highest BCUT2D eigenvalue weighted by molar-refractivity contribution is 6.14. The van der Waals surface area contributed by atoms with Gasteiger partial charge in [-0.2, -0.15) is 10.5 Å². The molecule has 0 saturated heterocycles. The van der Waals surface area contributed by atoms with Crippen LogP contribution in [0.25, 0.3) is 88.4 Å². The van der Waals surface area contributed by atoms with Gasteiger partial charge >= 0.3 is 0 Å². The van der Waals surface area contributed by atoms with Gasteiger partial charge in [-0.3, -0.25) is 0 Å². The number of para-hydroxylation sites is 2. The van der Waals surface area contributed by atoms with Gasteiger partial charge in [0.15, 0.2) is 0 Å². The summed E-state index contributed by atoms with van der Waals surface area (Å²) in [5.41, 5.74) is 14.2. The molecule has 9 aromatic rings. The Morgan fingerprint density at radius 3 is 1.49 bits per heavy atom. The van der Waals surface area contributed by atoms with Gasteiger partial charge in [-0.15, -0.1) is 0 Å². The topological polar surface area (TPSA) is 57.4 Å². The van der Waals surface area contributed by atoms with Crippen molar-refractivity contribution in [3.8, 4) is 51.2 Å². The fourth-order valence-corrected chi connectivity index (χ4v) is 8.55. The normalized spacial score (nSPS) is 14.4. The van der Waals surface area contributed by atoms with E-state index < -0.39 is 0 Å². The number of aromatic nitrogens is 2. The molecule has 55 heavy (non-hydrogen) atoms. The van der Waals surface area contributed by atoms with Gasteiger partial charge in [-0.1, -0.05) is 122 Å². The molecule has 0 saturated carbocycles. The second-order valence-electron chi connectivity index (χ2n) is 14.4. The zero-order valence-electron chi connectivity index (χ0n) is 30.2. The van der Waals surface area contributed by atoms with Crippen molar-refractivity contribution in [2.75, 3.05) is 0 Å². The largest absolute Gasteiger partial charge is 0.309 e. The van der Waals surface area contributed by atoms with E-state index in [1.165, 1.54) is 33.0 Å². The van der Waals surface area contributed by atoms with Crippen LogP contribution in [0.1, 0.15) is 13.3 Å². The fraction of sp³-hybridized carbons (Fsp3) is 0.0588. The molecule has 4 heteroatoms. The van der Waals surface area contributed by atoms with E-state index in [1.807, 2.05) is 12.1 Å². The van der Waals surface area contributed by atoms with Crippen LogP contribution in [0.2, 0.25) is 0 Å². The van der Waals surface area contributed by atoms with Crippen molar-refractivity contribution in [3.05, 3.63) is 181 Å². The van der Waals surface area contributed by atoms with E-state index in [9.17, 15) is 10.5 Å². The highest BCUT2D eigenvalue weighted by Crippen LogP contribution is 2.42. The third-order valence-corrected chi connectivity index (χ3v) is 11.2. The molecule has 10 rings (SSSR count). The number of hydrogen-bond acceptors (Lipinski definition) is 2. The molecule has 7 aromatic carbocycles. The van der Waals surface area contributed by atoms with Crippen LogP contribution >= 0.6 is 0 Å². The Hall–Kier alpha value is -7.40. The molecule has 258 valence electrons. The van der Waals surface area contributed by atoms with Crippen molar-refractivity contribution in [1.29, 1.82) is 10.5 Å². The minimum absolute atomic E-state index is 0.0344. The lowest BCUT2D eigenvalue weighted by atomic mass is 9.88. The van der Waals surface area contributed by atoms with Crippen LogP contribution in [-0.4, -0.2) is 9.13 Å². The number of allylic oxidation sites excluding steroid dienone is 4. The summed E-state index contributed by atoms with van der Waals surface area (Å²) in [7, 11) is 0. The molecule has 0 amide bonds. The van der Waals surface area contributed by atoms with Crippen LogP contribution in [0.15, 0.2) is 181 Å². The first-order valence-electron chi connectivity index (χ1n) is 18.7. The summed E-state index contributed by atoms with van der Waals surface area (Å²) in [6.45, 7) is 2.06. The lowest BCUT2D eigenvalue weighted by Gasteiger charge is -2.22. The minimum Gasteiger partial charge on any atom is -0.309 e. The van der Waals surface area contributed by atoms with Gasteiger partial charge in [0.05, 0.1) is 45.0 Å². The number of hydrogen-bond donors (Lipinski definition) is 0. The van der Waals surface area contributed by atoms with Crippen LogP contribution in [0.4, 0.5) is 0 Å². The second kappa shape index (κ2) is 12.9. The molecule has 1 atom stereocenters. The van der Waals surface area contributed by atoms with Crippen LogP contribution in [0.5, 0.6) is 0 Å². The van der Waals surface area contributed by atoms with Crippen molar-refractivity contribution in [2.24, 2.45) is 5.92 Å². The Bertz CT molecular complexity index is 3080. The average molecular weight is 703 g/mol. The highest BCUT2D eigenvalue weighted by atomic mass is 15.0. The third-order valence-electron chi connectivity index (χ3n) is 11.2. The summed E-state index contributed by atoms with van der Waals surface area (Å²) < 4.78 is 4.53. The number of nitrogens with zero attached hydrogens (tertiary/aromatic N) is 4. The van der Waals surface area contributed by atoms with Gasteiger partial charge in [0.1, 0.15) is 6.07 Å². The predicted molar refractivity (Wildman–Crippen MR) is 226 cm³/mol. The molecule has 2 aromatic heterocycles. The maximum Gasteiger partial charge on any atom is 0.101 e. The van der Waals surface area contributed by atoms with E-state index in [4.69, 9.17) is 0 Å². The summed E-state index contributed by atoms with van der Waals surface area (Å²) in [6.07, 6.45) is 2.66. The van der Waals surface area contributed by atoms with Gasteiger partial charge < -0.3 is 9.13 Å². The van der Waals surface area contributed by atoms with E-state index in [2.05, 4.69) is 186 Å². The first-order valence-corrected chi connectivity index (χ1v) is 18.7. The van der Waals surface area contributed by atoms with Crippen molar-refractivity contribution in [2.45, 2.75) is 13.3 Å². The van der Waals surface area contributed by atoms with Crippen molar-refractivity contribution in [3.63, 3.8) is 0 Å².